The third kappa shape index (κ3) is 3.07. The molecule has 0 saturated heterocycles. The Bertz CT molecular complexity index is 573. The maximum atomic E-state index is 4.53. The monoisotopic (exact) mass is 249 g/mol. The van der Waals surface area contributed by atoms with Crippen molar-refractivity contribution in [2.75, 3.05) is 0 Å². The van der Waals surface area contributed by atoms with Crippen molar-refractivity contribution < 1.29 is 0 Å². The average Bonchev–Trinajstić information content (AvgIpc) is 2.88. The topological polar surface area (TPSA) is 41.6 Å². The van der Waals surface area contributed by atoms with Crippen LogP contribution in [0.3, 0.4) is 0 Å². The van der Waals surface area contributed by atoms with Crippen LogP contribution in [0.4, 0.5) is 0 Å². The number of H-pyrrole nitrogens is 1. The lowest BCUT2D eigenvalue weighted by molar-refractivity contribution is 0.958. The number of nitrogens with one attached hydrogen (secondary N) is 1. The zero-order valence-electron chi connectivity index (χ0n) is 10.6. The van der Waals surface area contributed by atoms with Gasteiger partial charge in [0.2, 0.25) is 0 Å². The van der Waals surface area contributed by atoms with Crippen molar-refractivity contribution in [1.82, 2.24) is 15.2 Å². The molecule has 0 unspecified atom stereocenters. The molecule has 2 aromatic carbocycles. The Hall–Kier alpha value is -2.42. The molecule has 3 aromatic rings. The van der Waals surface area contributed by atoms with Gasteiger partial charge in [0.25, 0.3) is 0 Å². The van der Waals surface area contributed by atoms with E-state index >= 15 is 0 Å². The molecule has 94 valence electrons. The normalized spacial score (nSPS) is 10.5. The Morgan fingerprint density at radius 2 is 1.32 bits per heavy atom. The third-order valence-corrected chi connectivity index (χ3v) is 3.00. The van der Waals surface area contributed by atoms with Crippen molar-refractivity contribution in [2.24, 2.45) is 0 Å². The van der Waals surface area contributed by atoms with Gasteiger partial charge >= 0.3 is 0 Å². The fraction of sp³-hybridized carbons (Fsp3) is 0.125. The molecule has 0 radical (unpaired) electrons. The summed E-state index contributed by atoms with van der Waals surface area (Å²) >= 11 is 0. The zero-order valence-corrected chi connectivity index (χ0v) is 10.6. The molecule has 0 aliphatic heterocycles. The predicted molar refractivity (Wildman–Crippen MR) is 74.9 cm³/mol. The molecule has 19 heavy (non-hydrogen) atoms. The number of hydrogen-bond acceptors (Lipinski definition) is 2. The molecule has 0 aliphatic carbocycles. The van der Waals surface area contributed by atoms with Gasteiger partial charge in [-0.2, -0.15) is 5.10 Å². The summed E-state index contributed by atoms with van der Waals surface area (Å²) in [6.07, 6.45) is 1.56. The highest BCUT2D eigenvalue weighted by atomic mass is 15.2. The second-order valence-electron chi connectivity index (χ2n) is 4.52. The van der Waals surface area contributed by atoms with Gasteiger partial charge in [-0.25, -0.2) is 4.98 Å². The molecule has 0 saturated carbocycles. The van der Waals surface area contributed by atoms with Crippen LogP contribution in [0.2, 0.25) is 0 Å². The fourth-order valence-corrected chi connectivity index (χ4v) is 2.06. The molecule has 0 fully saturated rings. The summed E-state index contributed by atoms with van der Waals surface area (Å²) < 4.78 is 0. The molecule has 3 nitrogen and oxygen atoms in total. The van der Waals surface area contributed by atoms with E-state index in [1.807, 2.05) is 36.4 Å². The molecular weight excluding hydrogens is 234 g/mol. The Kier molecular flexibility index (Phi) is 3.36. The van der Waals surface area contributed by atoms with Crippen LogP contribution in [0, 0.1) is 0 Å². The van der Waals surface area contributed by atoms with E-state index in [0.29, 0.717) is 0 Å². The second kappa shape index (κ2) is 5.48. The summed E-state index contributed by atoms with van der Waals surface area (Å²) in [6, 6.07) is 20.6. The van der Waals surface area contributed by atoms with Gasteiger partial charge in [-0.05, 0) is 11.1 Å². The highest BCUT2D eigenvalue weighted by molar-refractivity contribution is 5.21. The van der Waals surface area contributed by atoms with Crippen molar-refractivity contribution in [3.8, 4) is 0 Å². The summed E-state index contributed by atoms with van der Waals surface area (Å²) in [5, 5.41) is 7.28. The highest BCUT2D eigenvalue weighted by Gasteiger charge is 2.04. The number of aromatic amines is 1. The number of rotatable bonds is 4. The van der Waals surface area contributed by atoms with Crippen LogP contribution in [0.1, 0.15) is 22.8 Å². The number of nitrogens with zero attached hydrogens (tertiary/aromatic N) is 2. The summed E-state index contributed by atoms with van der Waals surface area (Å²) in [5.74, 6) is 1.76. The Morgan fingerprint density at radius 3 is 1.95 bits per heavy atom. The molecule has 3 heteroatoms. The van der Waals surface area contributed by atoms with Gasteiger partial charge in [0, 0.05) is 12.8 Å². The minimum Gasteiger partial charge on any atom is -0.263 e. The van der Waals surface area contributed by atoms with E-state index < -0.39 is 0 Å². The summed E-state index contributed by atoms with van der Waals surface area (Å²) in [6.45, 7) is 0. The van der Waals surface area contributed by atoms with Gasteiger partial charge in [0.1, 0.15) is 5.82 Å². The first-order chi connectivity index (χ1) is 9.40. The molecule has 0 atom stereocenters. The van der Waals surface area contributed by atoms with E-state index in [0.717, 1.165) is 24.5 Å². The van der Waals surface area contributed by atoms with E-state index in [4.69, 9.17) is 0 Å². The van der Waals surface area contributed by atoms with Crippen molar-refractivity contribution in [1.29, 1.82) is 0 Å². The Morgan fingerprint density at radius 1 is 0.737 bits per heavy atom. The van der Waals surface area contributed by atoms with Crippen LogP contribution in [-0.2, 0) is 12.8 Å². The highest BCUT2D eigenvalue weighted by Crippen LogP contribution is 2.08. The fourth-order valence-electron chi connectivity index (χ4n) is 2.06. The molecule has 0 aliphatic rings. The number of benzene rings is 2. The third-order valence-electron chi connectivity index (χ3n) is 3.00. The standard InChI is InChI=1S/C16H15N3/c1-3-7-13(8-4-1)11-15-17-16(19-18-15)12-14-9-5-2-6-10-14/h1-10H,11-12H2,(H,17,18,19). The first kappa shape index (κ1) is 11.7. The lowest BCUT2D eigenvalue weighted by Gasteiger charge is -1.96. The van der Waals surface area contributed by atoms with Gasteiger partial charge in [-0.1, -0.05) is 60.7 Å². The van der Waals surface area contributed by atoms with E-state index in [2.05, 4.69) is 39.4 Å². The molecule has 3 rings (SSSR count). The van der Waals surface area contributed by atoms with E-state index in [1.54, 1.807) is 0 Å². The largest absolute Gasteiger partial charge is 0.263 e. The van der Waals surface area contributed by atoms with Crippen molar-refractivity contribution in [2.45, 2.75) is 12.8 Å². The van der Waals surface area contributed by atoms with Gasteiger partial charge in [0.15, 0.2) is 5.82 Å². The minimum atomic E-state index is 0.770. The molecular formula is C16H15N3. The van der Waals surface area contributed by atoms with Gasteiger partial charge < -0.3 is 0 Å². The van der Waals surface area contributed by atoms with Crippen molar-refractivity contribution in [3.05, 3.63) is 83.4 Å². The first-order valence-electron chi connectivity index (χ1n) is 6.38. The van der Waals surface area contributed by atoms with Crippen molar-refractivity contribution in [3.63, 3.8) is 0 Å². The summed E-state index contributed by atoms with van der Waals surface area (Å²) in [4.78, 5) is 4.53. The Balaban J connectivity index is 1.70. The van der Waals surface area contributed by atoms with Gasteiger partial charge in [-0.15, -0.1) is 0 Å². The second-order valence-corrected chi connectivity index (χ2v) is 4.52. The maximum absolute atomic E-state index is 4.53. The molecule has 0 amide bonds. The maximum Gasteiger partial charge on any atom is 0.155 e. The van der Waals surface area contributed by atoms with Gasteiger partial charge in [-0.3, -0.25) is 5.10 Å². The quantitative estimate of drug-likeness (QED) is 0.772. The van der Waals surface area contributed by atoms with E-state index in [9.17, 15) is 0 Å². The lowest BCUT2D eigenvalue weighted by atomic mass is 10.1. The molecule has 1 N–H and O–H groups in total. The van der Waals surface area contributed by atoms with Crippen LogP contribution < -0.4 is 0 Å². The van der Waals surface area contributed by atoms with Crippen LogP contribution >= 0.6 is 0 Å². The van der Waals surface area contributed by atoms with Crippen molar-refractivity contribution >= 4 is 0 Å². The van der Waals surface area contributed by atoms with E-state index in [1.165, 1.54) is 11.1 Å². The number of aromatic nitrogens is 3. The molecule has 0 bridgehead atoms. The van der Waals surface area contributed by atoms with Crippen LogP contribution in [0.15, 0.2) is 60.7 Å². The molecule has 0 spiro atoms. The van der Waals surface area contributed by atoms with E-state index in [-0.39, 0.29) is 0 Å². The molecule has 1 heterocycles. The smallest absolute Gasteiger partial charge is 0.155 e. The summed E-state index contributed by atoms with van der Waals surface area (Å²) in [5.41, 5.74) is 2.47. The zero-order chi connectivity index (χ0) is 12.9. The van der Waals surface area contributed by atoms with Gasteiger partial charge in [0.05, 0.1) is 0 Å². The average molecular weight is 249 g/mol. The Labute approximate surface area is 112 Å². The lowest BCUT2D eigenvalue weighted by Crippen LogP contribution is -1.92. The minimum absolute atomic E-state index is 0.770. The first-order valence-corrected chi connectivity index (χ1v) is 6.38. The molecule has 1 aromatic heterocycles. The predicted octanol–water partition coefficient (Wildman–Crippen LogP) is 2.99. The van der Waals surface area contributed by atoms with Crippen LogP contribution in [-0.4, -0.2) is 15.2 Å². The number of hydrogen-bond donors (Lipinski definition) is 1. The van der Waals surface area contributed by atoms with Crippen LogP contribution in [0.5, 0.6) is 0 Å². The SMILES string of the molecule is c1ccc(Cc2n[nH]c(Cc3ccccc3)n2)cc1. The van der Waals surface area contributed by atoms with Crippen LogP contribution in [0.25, 0.3) is 0 Å². The summed E-state index contributed by atoms with van der Waals surface area (Å²) in [7, 11) is 0.